The van der Waals surface area contributed by atoms with E-state index < -0.39 is 120 Å². The first-order valence-corrected chi connectivity index (χ1v) is 23.3. The molecule has 0 N–H and O–H groups in total. The third-order valence-corrected chi connectivity index (χ3v) is 19.1. The molecule has 12 aliphatic carbocycles. The lowest BCUT2D eigenvalue weighted by atomic mass is 9.46. The number of esters is 1. The number of Topliss-reactive ketones (excluding diaryl/α,β-unsaturated/α-hetero) is 1. The van der Waals surface area contributed by atoms with Crippen molar-refractivity contribution in [3.63, 3.8) is 0 Å². The van der Waals surface area contributed by atoms with E-state index in [0.717, 1.165) is 25.7 Å². The van der Waals surface area contributed by atoms with Gasteiger partial charge in [-0.05, 0) is 126 Å². The van der Waals surface area contributed by atoms with Crippen LogP contribution in [0.5, 0.6) is 0 Å². The fourth-order valence-electron chi connectivity index (χ4n) is 16.8. The highest BCUT2D eigenvalue weighted by molar-refractivity contribution is 5.85. The molecule has 9 nitrogen and oxygen atoms in total. The summed E-state index contributed by atoms with van der Waals surface area (Å²) in [6, 6.07) is 0. The largest absolute Gasteiger partial charge is 0.462 e. The van der Waals surface area contributed by atoms with Crippen LogP contribution in [-0.4, -0.2) is 98.0 Å². The number of carbonyl (C=O) groups is 2. The monoisotopic (exact) mass is 892 g/mol. The van der Waals surface area contributed by atoms with E-state index in [2.05, 4.69) is 0 Å². The summed E-state index contributed by atoms with van der Waals surface area (Å²) in [5, 5.41) is 0. The van der Waals surface area contributed by atoms with E-state index in [1.54, 1.807) is 0 Å². The van der Waals surface area contributed by atoms with Gasteiger partial charge in [0.2, 0.25) is 0 Å². The predicted octanol–water partition coefficient (Wildman–Crippen LogP) is 8.50. The quantitative estimate of drug-likeness (QED) is 0.184. The molecular weight excluding hydrogens is 836 g/mol. The fourth-order valence-corrected chi connectivity index (χ4v) is 16.8. The summed E-state index contributed by atoms with van der Waals surface area (Å²) in [7, 11) is 0. The molecule has 0 aromatic carbocycles. The van der Waals surface area contributed by atoms with E-state index in [4.69, 9.17) is 33.2 Å². The minimum atomic E-state index is -4.39. The Balaban J connectivity index is 0.753. The lowest BCUT2D eigenvalue weighted by Crippen LogP contribution is -2.65. The molecule has 62 heavy (non-hydrogen) atoms. The highest BCUT2D eigenvalue weighted by Crippen LogP contribution is 2.69. The van der Waals surface area contributed by atoms with Crippen molar-refractivity contribution in [1.82, 2.24) is 0 Å². The van der Waals surface area contributed by atoms with Gasteiger partial charge in [-0.3, -0.25) is 9.59 Å². The Hall–Kier alpha value is -1.66. The Labute approximate surface area is 354 Å². The summed E-state index contributed by atoms with van der Waals surface area (Å²) < 4.78 is 158. The maximum Gasteiger partial charge on any atom is 0.335 e. The summed E-state index contributed by atoms with van der Waals surface area (Å²) in [5.41, 5.74) is -1.72. The second-order valence-corrected chi connectivity index (χ2v) is 22.6. The minimum absolute atomic E-state index is 0.0161. The van der Waals surface area contributed by atoms with Gasteiger partial charge < -0.3 is 33.2 Å². The summed E-state index contributed by atoms with van der Waals surface area (Å²) in [5.74, 6) is -22.2. The SMILES string of the molecule is O=C(CCC1OC2(OC1COC(=O)C13CC4CC(C1)C1(OCC(F)(F)C(F)(F)CO1)C(C4)C3)C1CC3CC(C1)CC2C3)C12CC3CC(C1)C1(OCC(F)(F)C(F)(F)CO1)C(C3)C2. The molecule has 6 unspecified atom stereocenters. The normalized spacial score (nSPS) is 50.9. The maximum absolute atomic E-state index is 14.6. The van der Waals surface area contributed by atoms with Crippen molar-refractivity contribution in [3.8, 4) is 0 Å². The molecule has 0 amide bonds. The van der Waals surface area contributed by atoms with E-state index in [0.29, 0.717) is 69.6 Å². The zero-order chi connectivity index (χ0) is 43.1. The number of carbonyl (C=O) groups excluding carboxylic acids is 2. The van der Waals surface area contributed by atoms with Crippen molar-refractivity contribution in [3.05, 3.63) is 0 Å². The van der Waals surface area contributed by atoms with Crippen molar-refractivity contribution in [2.45, 2.75) is 162 Å². The van der Waals surface area contributed by atoms with Crippen LogP contribution in [0, 0.1) is 70.0 Å². The molecule has 3 heterocycles. The third kappa shape index (κ3) is 5.77. The molecule has 346 valence electrons. The first-order valence-electron chi connectivity index (χ1n) is 23.3. The molecule has 17 heteroatoms. The molecule has 12 saturated carbocycles. The third-order valence-electron chi connectivity index (χ3n) is 19.1. The Morgan fingerprint density at radius 3 is 1.29 bits per heavy atom. The molecule has 3 aliphatic heterocycles. The van der Waals surface area contributed by atoms with Crippen LogP contribution in [0.1, 0.15) is 109 Å². The first-order chi connectivity index (χ1) is 29.2. The van der Waals surface area contributed by atoms with Crippen LogP contribution in [0.4, 0.5) is 35.1 Å². The standard InChI is InChI=1S/C45H56F8O9/c46-39(47)19-57-43(58-20-40(39,48)49)29-8-25-9-30(43)15-37(12-25,14-29)35(54)2-1-33-34(62-45(61-33)27-4-23-3-24(6-27)7-28(45)5-23)18-56-36(55)38-13-26-10-31(16-38)44(32(11-26)17-38)59-21-41(50,51)42(52,53)22-60-44/h23-34H,1-22H2. The van der Waals surface area contributed by atoms with Gasteiger partial charge in [-0.15, -0.1) is 0 Å². The molecular formula is C45H56F8O9. The number of ether oxygens (including phenoxy) is 7. The predicted molar refractivity (Wildman–Crippen MR) is 196 cm³/mol. The average Bonchev–Trinajstić information content (AvgIpc) is 3.49. The lowest BCUT2D eigenvalue weighted by Gasteiger charge is -2.63. The Morgan fingerprint density at radius 2 is 0.839 bits per heavy atom. The minimum Gasteiger partial charge on any atom is -0.462 e. The summed E-state index contributed by atoms with van der Waals surface area (Å²) in [6.07, 6.45) is 8.70. The Bertz CT molecular complexity index is 1660. The molecule has 15 fully saturated rings. The van der Waals surface area contributed by atoms with Crippen molar-refractivity contribution in [2.24, 2.45) is 70.0 Å². The topological polar surface area (TPSA) is 98.8 Å². The van der Waals surface area contributed by atoms with E-state index in [-0.39, 0.29) is 55.3 Å². The first kappa shape index (κ1) is 41.7. The van der Waals surface area contributed by atoms with Crippen molar-refractivity contribution >= 4 is 11.8 Å². The van der Waals surface area contributed by atoms with Crippen LogP contribution in [-0.2, 0) is 42.7 Å². The van der Waals surface area contributed by atoms with Crippen LogP contribution in [0.3, 0.4) is 0 Å². The van der Waals surface area contributed by atoms with Crippen molar-refractivity contribution in [1.29, 1.82) is 0 Å². The average molecular weight is 893 g/mol. The van der Waals surface area contributed by atoms with E-state index in [1.165, 1.54) is 6.42 Å². The molecule has 12 bridgehead atoms. The van der Waals surface area contributed by atoms with Crippen LogP contribution < -0.4 is 0 Å². The van der Waals surface area contributed by atoms with E-state index in [9.17, 15) is 44.7 Å². The number of alkyl halides is 8. The highest BCUT2D eigenvalue weighted by atomic mass is 19.3. The number of halogens is 8. The second kappa shape index (κ2) is 13.3. The van der Waals surface area contributed by atoms with Gasteiger partial charge in [0.05, 0.1) is 11.5 Å². The lowest BCUT2D eigenvalue weighted by molar-refractivity contribution is -0.346. The van der Waals surface area contributed by atoms with Crippen molar-refractivity contribution < 1.29 is 77.9 Å². The van der Waals surface area contributed by atoms with Crippen LogP contribution in [0.25, 0.3) is 0 Å². The fraction of sp³-hybridized carbons (Fsp3) is 0.956. The second-order valence-electron chi connectivity index (χ2n) is 22.6. The maximum atomic E-state index is 14.6. The molecule has 0 radical (unpaired) electrons. The van der Waals surface area contributed by atoms with Gasteiger partial charge in [-0.2, -0.15) is 35.1 Å². The Kier molecular flexibility index (Phi) is 8.94. The van der Waals surface area contributed by atoms with Gasteiger partial charge >= 0.3 is 29.7 Å². The smallest absolute Gasteiger partial charge is 0.335 e. The molecule has 3 saturated heterocycles. The summed E-state index contributed by atoms with van der Waals surface area (Å²) in [6.45, 7) is -5.92. The number of ketones is 1. The van der Waals surface area contributed by atoms with Gasteiger partial charge in [0.25, 0.3) is 0 Å². The number of rotatable bonds is 7. The van der Waals surface area contributed by atoms with Crippen molar-refractivity contribution in [2.75, 3.05) is 33.0 Å². The van der Waals surface area contributed by atoms with Gasteiger partial charge in [0.15, 0.2) is 17.4 Å². The zero-order valence-corrected chi connectivity index (χ0v) is 34.7. The molecule has 3 spiro atoms. The van der Waals surface area contributed by atoms with Crippen LogP contribution in [0.15, 0.2) is 0 Å². The Morgan fingerprint density at radius 1 is 0.452 bits per heavy atom. The zero-order valence-electron chi connectivity index (χ0n) is 34.7. The molecule has 0 aromatic rings. The summed E-state index contributed by atoms with van der Waals surface area (Å²) >= 11 is 0. The van der Waals surface area contributed by atoms with E-state index in [1.807, 2.05) is 0 Å². The molecule has 15 aliphatic rings. The number of hydrogen-bond donors (Lipinski definition) is 0. The van der Waals surface area contributed by atoms with Gasteiger partial charge in [0, 0.05) is 47.3 Å². The highest BCUT2D eigenvalue weighted by Gasteiger charge is 2.73. The van der Waals surface area contributed by atoms with Crippen LogP contribution >= 0.6 is 0 Å². The van der Waals surface area contributed by atoms with Gasteiger partial charge in [-0.1, -0.05) is 0 Å². The van der Waals surface area contributed by atoms with Crippen LogP contribution in [0.2, 0.25) is 0 Å². The van der Waals surface area contributed by atoms with Gasteiger partial charge in [-0.25, -0.2) is 0 Å². The molecule has 15 rings (SSSR count). The molecule has 0 aromatic heterocycles. The van der Waals surface area contributed by atoms with Gasteiger partial charge in [0.1, 0.15) is 44.9 Å². The summed E-state index contributed by atoms with van der Waals surface area (Å²) in [4.78, 5) is 28.9. The number of hydrogen-bond acceptors (Lipinski definition) is 9. The molecule has 6 atom stereocenters. The van der Waals surface area contributed by atoms with E-state index >= 15 is 0 Å².